The van der Waals surface area contributed by atoms with Gasteiger partial charge in [0.2, 0.25) is 5.91 Å². The molecule has 0 aliphatic carbocycles. The van der Waals surface area contributed by atoms with Gasteiger partial charge in [-0.2, -0.15) is 0 Å². The predicted molar refractivity (Wildman–Crippen MR) is 78.0 cm³/mol. The fourth-order valence-electron chi connectivity index (χ4n) is 2.49. The highest BCUT2D eigenvalue weighted by Gasteiger charge is 2.24. The molecule has 1 aliphatic rings. The zero-order valence-electron chi connectivity index (χ0n) is 11.9. The molecule has 0 bridgehead atoms. The number of carbonyl (C=O) groups is 1. The molecule has 0 radical (unpaired) electrons. The van der Waals surface area contributed by atoms with Gasteiger partial charge in [0.25, 0.3) is 0 Å². The van der Waals surface area contributed by atoms with E-state index in [1.807, 2.05) is 13.1 Å². The van der Waals surface area contributed by atoms with E-state index in [1.165, 1.54) is 5.56 Å². The Morgan fingerprint density at radius 1 is 1.47 bits per heavy atom. The minimum atomic E-state index is 0.0791. The summed E-state index contributed by atoms with van der Waals surface area (Å²) in [7, 11) is 1.97. The van der Waals surface area contributed by atoms with Crippen molar-refractivity contribution in [1.82, 2.24) is 5.32 Å². The predicted octanol–water partition coefficient (Wildman–Crippen LogP) is 1.82. The quantitative estimate of drug-likeness (QED) is 0.757. The number of nitrogens with two attached hydrogens (primary N) is 1. The molecule has 1 aliphatic heterocycles. The van der Waals surface area contributed by atoms with Crippen molar-refractivity contribution < 1.29 is 4.79 Å². The first-order chi connectivity index (χ1) is 8.95. The van der Waals surface area contributed by atoms with Gasteiger partial charge in [-0.1, -0.05) is 26.0 Å². The van der Waals surface area contributed by atoms with Gasteiger partial charge >= 0.3 is 0 Å². The topological polar surface area (TPSA) is 67.1 Å². The first-order valence-corrected chi connectivity index (χ1v) is 6.75. The normalized spacial score (nSPS) is 16.1. The fraction of sp³-hybridized carbons (Fsp3) is 0.533. The highest BCUT2D eigenvalue weighted by atomic mass is 16.1. The Kier molecular flexibility index (Phi) is 3.92. The lowest BCUT2D eigenvalue weighted by molar-refractivity contribution is -0.115. The number of fused-ring (bicyclic) bond motifs is 1. The van der Waals surface area contributed by atoms with Crippen LogP contribution >= 0.6 is 0 Å². The van der Waals surface area contributed by atoms with Crippen LogP contribution in [0, 0.1) is 5.41 Å². The number of benzene rings is 1. The Bertz CT molecular complexity index is 482. The maximum absolute atomic E-state index is 11.4. The van der Waals surface area contributed by atoms with Gasteiger partial charge in [-0.3, -0.25) is 4.79 Å². The number of hydrogen-bond acceptors (Lipinski definition) is 3. The van der Waals surface area contributed by atoms with Crippen LogP contribution < -0.4 is 16.4 Å². The lowest BCUT2D eigenvalue weighted by Gasteiger charge is -2.28. The molecule has 1 heterocycles. The Labute approximate surface area is 114 Å². The van der Waals surface area contributed by atoms with Gasteiger partial charge in [0.05, 0.1) is 6.42 Å². The molecule has 1 aromatic carbocycles. The minimum Gasteiger partial charge on any atom is -0.330 e. The van der Waals surface area contributed by atoms with Crippen LogP contribution in [0.15, 0.2) is 18.2 Å². The van der Waals surface area contributed by atoms with Crippen molar-refractivity contribution in [3.8, 4) is 0 Å². The van der Waals surface area contributed by atoms with E-state index in [2.05, 4.69) is 36.6 Å². The zero-order valence-corrected chi connectivity index (χ0v) is 11.9. The van der Waals surface area contributed by atoms with Crippen LogP contribution in [0.3, 0.4) is 0 Å². The van der Waals surface area contributed by atoms with E-state index in [0.29, 0.717) is 13.0 Å². The molecule has 4 heteroatoms. The van der Waals surface area contributed by atoms with Crippen molar-refractivity contribution in [3.63, 3.8) is 0 Å². The SMILES string of the molecule is CNC(CC(C)(C)CN)c1ccc2c(c1)CC(=O)N2. The third-order valence-electron chi connectivity index (χ3n) is 3.81. The summed E-state index contributed by atoms with van der Waals surface area (Å²) >= 11 is 0. The summed E-state index contributed by atoms with van der Waals surface area (Å²) in [4.78, 5) is 11.4. The van der Waals surface area contributed by atoms with E-state index >= 15 is 0 Å². The molecule has 4 nitrogen and oxygen atoms in total. The second kappa shape index (κ2) is 5.31. The molecule has 1 atom stereocenters. The third-order valence-corrected chi connectivity index (χ3v) is 3.81. The minimum absolute atomic E-state index is 0.0791. The van der Waals surface area contributed by atoms with Crippen molar-refractivity contribution in [2.75, 3.05) is 18.9 Å². The average Bonchev–Trinajstić information content (AvgIpc) is 2.75. The van der Waals surface area contributed by atoms with E-state index in [-0.39, 0.29) is 17.4 Å². The molecule has 2 rings (SSSR count). The second-order valence-electron chi connectivity index (χ2n) is 6.06. The number of anilines is 1. The monoisotopic (exact) mass is 261 g/mol. The average molecular weight is 261 g/mol. The maximum atomic E-state index is 11.4. The highest BCUT2D eigenvalue weighted by molar-refractivity contribution is 5.99. The van der Waals surface area contributed by atoms with Crippen LogP contribution in [0.4, 0.5) is 5.69 Å². The summed E-state index contributed by atoms with van der Waals surface area (Å²) in [5, 5.41) is 6.21. The first kappa shape index (κ1) is 14.0. The molecule has 1 aromatic rings. The molecule has 1 unspecified atom stereocenters. The summed E-state index contributed by atoms with van der Waals surface area (Å²) in [5.74, 6) is 0.0791. The maximum Gasteiger partial charge on any atom is 0.228 e. The molecular formula is C15H23N3O. The summed E-state index contributed by atoms with van der Waals surface area (Å²) in [5.41, 5.74) is 9.17. The lowest BCUT2D eigenvalue weighted by atomic mass is 9.83. The second-order valence-corrected chi connectivity index (χ2v) is 6.06. The molecule has 104 valence electrons. The number of rotatable bonds is 5. The van der Waals surface area contributed by atoms with Gasteiger partial charge in [-0.05, 0) is 42.6 Å². The molecule has 0 saturated carbocycles. The highest BCUT2D eigenvalue weighted by Crippen LogP contribution is 2.32. The van der Waals surface area contributed by atoms with E-state index < -0.39 is 0 Å². The van der Waals surface area contributed by atoms with Crippen LogP contribution in [0.25, 0.3) is 0 Å². The van der Waals surface area contributed by atoms with Crippen LogP contribution in [0.5, 0.6) is 0 Å². The van der Waals surface area contributed by atoms with E-state index in [1.54, 1.807) is 0 Å². The third kappa shape index (κ3) is 3.14. The first-order valence-electron chi connectivity index (χ1n) is 6.75. The Hall–Kier alpha value is -1.39. The zero-order chi connectivity index (χ0) is 14.0. The van der Waals surface area contributed by atoms with Crippen molar-refractivity contribution in [2.24, 2.45) is 11.1 Å². The van der Waals surface area contributed by atoms with Crippen LogP contribution in [0.1, 0.15) is 37.4 Å². The van der Waals surface area contributed by atoms with Gasteiger partial charge in [-0.15, -0.1) is 0 Å². The van der Waals surface area contributed by atoms with E-state index in [9.17, 15) is 4.79 Å². The van der Waals surface area contributed by atoms with Crippen LogP contribution in [-0.4, -0.2) is 19.5 Å². The van der Waals surface area contributed by atoms with Crippen LogP contribution in [-0.2, 0) is 11.2 Å². The Morgan fingerprint density at radius 2 is 2.21 bits per heavy atom. The number of hydrogen-bond donors (Lipinski definition) is 3. The largest absolute Gasteiger partial charge is 0.330 e. The molecule has 0 spiro atoms. The summed E-state index contributed by atoms with van der Waals surface area (Å²) in [6, 6.07) is 6.47. The lowest BCUT2D eigenvalue weighted by Crippen LogP contribution is -2.30. The van der Waals surface area contributed by atoms with Crippen LogP contribution in [0.2, 0.25) is 0 Å². The van der Waals surface area contributed by atoms with Gasteiger partial charge < -0.3 is 16.4 Å². The standard InChI is InChI=1S/C15H23N3O/c1-15(2,9-16)8-13(17-3)10-4-5-12-11(6-10)7-14(19)18-12/h4-6,13,17H,7-9,16H2,1-3H3,(H,18,19). The molecule has 1 amide bonds. The van der Waals surface area contributed by atoms with Crippen molar-refractivity contribution in [1.29, 1.82) is 0 Å². The molecule has 19 heavy (non-hydrogen) atoms. The van der Waals surface area contributed by atoms with Crippen molar-refractivity contribution >= 4 is 11.6 Å². The fourth-order valence-corrected chi connectivity index (χ4v) is 2.49. The molecule has 0 fully saturated rings. The summed E-state index contributed by atoms with van der Waals surface area (Å²) in [6.45, 7) is 5.02. The van der Waals surface area contributed by atoms with Gasteiger partial charge in [-0.25, -0.2) is 0 Å². The number of amides is 1. The van der Waals surface area contributed by atoms with Gasteiger partial charge in [0.15, 0.2) is 0 Å². The molecule has 0 aromatic heterocycles. The van der Waals surface area contributed by atoms with E-state index in [4.69, 9.17) is 5.73 Å². The summed E-state index contributed by atoms with van der Waals surface area (Å²) in [6.07, 6.45) is 1.46. The molecule has 4 N–H and O–H groups in total. The van der Waals surface area contributed by atoms with Gasteiger partial charge in [0, 0.05) is 11.7 Å². The molecule has 0 saturated heterocycles. The van der Waals surface area contributed by atoms with Crippen molar-refractivity contribution in [2.45, 2.75) is 32.7 Å². The Balaban J connectivity index is 2.20. The van der Waals surface area contributed by atoms with Gasteiger partial charge in [0.1, 0.15) is 0 Å². The summed E-state index contributed by atoms with van der Waals surface area (Å²) < 4.78 is 0. The Morgan fingerprint density at radius 3 is 2.84 bits per heavy atom. The van der Waals surface area contributed by atoms with Crippen molar-refractivity contribution in [3.05, 3.63) is 29.3 Å². The smallest absolute Gasteiger partial charge is 0.228 e. The number of nitrogens with one attached hydrogen (secondary N) is 2. The van der Waals surface area contributed by atoms with E-state index in [0.717, 1.165) is 17.7 Å². The molecular weight excluding hydrogens is 238 g/mol. The number of carbonyl (C=O) groups excluding carboxylic acids is 1.